The summed E-state index contributed by atoms with van der Waals surface area (Å²) in [7, 11) is -3.59. The topological polar surface area (TPSA) is 77.1 Å². The van der Waals surface area contributed by atoms with Gasteiger partial charge in [-0.2, -0.15) is 17.4 Å². The molecule has 0 aliphatic carbocycles. The summed E-state index contributed by atoms with van der Waals surface area (Å²) in [4.78, 5) is 0. The third-order valence-electron chi connectivity index (χ3n) is 4.12. The van der Waals surface area contributed by atoms with Gasteiger partial charge in [-0.05, 0) is 38.5 Å². The SMILES string of the molecule is CC1CN(S(=O)(=O)NC(C)c2ccc3c(c2)OCCO3)CC(C)O1. The zero-order valence-corrected chi connectivity index (χ0v) is 15.0. The predicted octanol–water partition coefficient (Wildman–Crippen LogP) is 1.46. The molecule has 3 rings (SSSR count). The lowest BCUT2D eigenvalue weighted by molar-refractivity contribution is -0.0444. The molecule has 3 atom stereocenters. The molecule has 1 saturated heterocycles. The maximum absolute atomic E-state index is 12.7. The highest BCUT2D eigenvalue weighted by molar-refractivity contribution is 7.87. The van der Waals surface area contributed by atoms with Crippen LogP contribution in [0.4, 0.5) is 0 Å². The van der Waals surface area contributed by atoms with Gasteiger partial charge in [0.15, 0.2) is 11.5 Å². The number of benzene rings is 1. The molecule has 0 amide bonds. The van der Waals surface area contributed by atoms with Gasteiger partial charge in [-0.15, -0.1) is 0 Å². The van der Waals surface area contributed by atoms with Crippen LogP contribution in [0.2, 0.25) is 0 Å². The van der Waals surface area contributed by atoms with Crippen LogP contribution in [0.25, 0.3) is 0 Å². The van der Waals surface area contributed by atoms with Crippen molar-refractivity contribution in [3.05, 3.63) is 23.8 Å². The lowest BCUT2D eigenvalue weighted by atomic mass is 10.1. The average molecular weight is 356 g/mol. The van der Waals surface area contributed by atoms with Crippen LogP contribution in [0.1, 0.15) is 32.4 Å². The van der Waals surface area contributed by atoms with Crippen LogP contribution in [0.15, 0.2) is 18.2 Å². The van der Waals surface area contributed by atoms with E-state index in [4.69, 9.17) is 14.2 Å². The summed E-state index contributed by atoms with van der Waals surface area (Å²) in [5, 5.41) is 0. The molecule has 0 aromatic heterocycles. The molecule has 134 valence electrons. The van der Waals surface area contributed by atoms with Gasteiger partial charge in [0.05, 0.1) is 12.2 Å². The highest BCUT2D eigenvalue weighted by Gasteiger charge is 2.32. The van der Waals surface area contributed by atoms with Crippen molar-refractivity contribution < 1.29 is 22.6 Å². The number of nitrogens with one attached hydrogen (secondary N) is 1. The Balaban J connectivity index is 1.72. The molecule has 2 aliphatic heterocycles. The van der Waals surface area contributed by atoms with Gasteiger partial charge in [-0.3, -0.25) is 0 Å². The third-order valence-corrected chi connectivity index (χ3v) is 5.75. The quantitative estimate of drug-likeness (QED) is 0.884. The van der Waals surface area contributed by atoms with E-state index in [0.29, 0.717) is 37.8 Å². The van der Waals surface area contributed by atoms with Crippen molar-refractivity contribution in [2.24, 2.45) is 0 Å². The number of morpholine rings is 1. The van der Waals surface area contributed by atoms with Gasteiger partial charge in [-0.1, -0.05) is 6.07 Å². The Kier molecular flexibility index (Phi) is 5.00. The first kappa shape index (κ1) is 17.5. The number of nitrogens with zero attached hydrogens (tertiary/aromatic N) is 1. The van der Waals surface area contributed by atoms with E-state index >= 15 is 0 Å². The van der Waals surface area contributed by atoms with E-state index in [-0.39, 0.29) is 18.2 Å². The maximum Gasteiger partial charge on any atom is 0.280 e. The maximum atomic E-state index is 12.7. The molecular weight excluding hydrogens is 332 g/mol. The van der Waals surface area contributed by atoms with Crippen molar-refractivity contribution in [3.8, 4) is 11.5 Å². The Morgan fingerprint density at radius 1 is 1.12 bits per heavy atom. The standard InChI is InChI=1S/C16H24N2O5S/c1-11-9-18(10-12(2)23-11)24(19,20)17-13(3)14-4-5-15-16(8-14)22-7-6-21-15/h4-5,8,11-13,17H,6-7,9-10H2,1-3H3. The summed E-state index contributed by atoms with van der Waals surface area (Å²) in [5.74, 6) is 1.34. The lowest BCUT2D eigenvalue weighted by Gasteiger charge is -2.35. The Labute approximate surface area is 143 Å². The second-order valence-corrected chi connectivity index (χ2v) is 8.02. The number of hydrogen-bond acceptors (Lipinski definition) is 5. The van der Waals surface area contributed by atoms with Crippen molar-refractivity contribution in [2.45, 2.75) is 39.0 Å². The molecule has 0 radical (unpaired) electrons. The van der Waals surface area contributed by atoms with Gasteiger partial charge in [-0.25, -0.2) is 0 Å². The van der Waals surface area contributed by atoms with Crippen molar-refractivity contribution in [1.82, 2.24) is 9.03 Å². The minimum atomic E-state index is -3.59. The molecule has 0 spiro atoms. The molecule has 2 heterocycles. The molecule has 2 aliphatic rings. The summed E-state index contributed by atoms with van der Waals surface area (Å²) >= 11 is 0. The van der Waals surface area contributed by atoms with Gasteiger partial charge in [0.25, 0.3) is 10.2 Å². The monoisotopic (exact) mass is 356 g/mol. The molecule has 0 saturated carbocycles. The molecule has 1 fully saturated rings. The van der Waals surface area contributed by atoms with E-state index in [9.17, 15) is 8.42 Å². The molecule has 1 aromatic rings. The number of hydrogen-bond donors (Lipinski definition) is 1. The van der Waals surface area contributed by atoms with E-state index in [1.807, 2.05) is 39.0 Å². The van der Waals surface area contributed by atoms with Gasteiger partial charge >= 0.3 is 0 Å². The second kappa shape index (κ2) is 6.87. The Morgan fingerprint density at radius 2 is 1.75 bits per heavy atom. The summed E-state index contributed by atoms with van der Waals surface area (Å²) in [6, 6.07) is 5.12. The fourth-order valence-electron chi connectivity index (χ4n) is 3.02. The normalized spacial score (nSPS) is 26.1. The minimum absolute atomic E-state index is 0.116. The van der Waals surface area contributed by atoms with Gasteiger partial charge in [0.1, 0.15) is 13.2 Å². The van der Waals surface area contributed by atoms with Crippen LogP contribution in [-0.4, -0.2) is 51.2 Å². The Morgan fingerprint density at radius 3 is 2.42 bits per heavy atom. The zero-order chi connectivity index (χ0) is 17.3. The van der Waals surface area contributed by atoms with Crippen LogP contribution in [0, 0.1) is 0 Å². The van der Waals surface area contributed by atoms with Gasteiger partial charge in [0, 0.05) is 19.1 Å². The van der Waals surface area contributed by atoms with Crippen molar-refractivity contribution in [2.75, 3.05) is 26.3 Å². The average Bonchev–Trinajstić information content (AvgIpc) is 2.53. The number of fused-ring (bicyclic) bond motifs is 1. The van der Waals surface area contributed by atoms with Crippen LogP contribution >= 0.6 is 0 Å². The highest BCUT2D eigenvalue weighted by Crippen LogP contribution is 2.32. The Bertz CT molecular complexity index is 684. The van der Waals surface area contributed by atoms with Crippen LogP contribution in [0.5, 0.6) is 11.5 Å². The minimum Gasteiger partial charge on any atom is -0.486 e. The zero-order valence-electron chi connectivity index (χ0n) is 14.2. The third kappa shape index (κ3) is 3.83. The summed E-state index contributed by atoms with van der Waals surface area (Å²) in [5.41, 5.74) is 0.831. The highest BCUT2D eigenvalue weighted by atomic mass is 32.2. The Hall–Kier alpha value is -1.35. The smallest absolute Gasteiger partial charge is 0.280 e. The fourth-order valence-corrected chi connectivity index (χ4v) is 4.57. The summed E-state index contributed by atoms with van der Waals surface area (Å²) < 4.78 is 46.1. The molecule has 1 N–H and O–H groups in total. The molecule has 0 bridgehead atoms. The second-order valence-electron chi connectivity index (χ2n) is 6.32. The van der Waals surface area contributed by atoms with E-state index in [1.165, 1.54) is 4.31 Å². The first-order chi connectivity index (χ1) is 11.3. The molecular formula is C16H24N2O5S. The lowest BCUT2D eigenvalue weighted by Crippen LogP contribution is -2.52. The van der Waals surface area contributed by atoms with Crippen LogP contribution in [0.3, 0.4) is 0 Å². The molecule has 8 heteroatoms. The van der Waals surface area contributed by atoms with E-state index < -0.39 is 10.2 Å². The van der Waals surface area contributed by atoms with E-state index in [2.05, 4.69) is 4.72 Å². The fraction of sp³-hybridized carbons (Fsp3) is 0.625. The first-order valence-electron chi connectivity index (χ1n) is 8.17. The van der Waals surface area contributed by atoms with Gasteiger partial charge in [0.2, 0.25) is 0 Å². The molecule has 24 heavy (non-hydrogen) atoms. The van der Waals surface area contributed by atoms with E-state index in [0.717, 1.165) is 5.56 Å². The predicted molar refractivity (Wildman–Crippen MR) is 89.5 cm³/mol. The first-order valence-corrected chi connectivity index (χ1v) is 9.61. The van der Waals surface area contributed by atoms with E-state index in [1.54, 1.807) is 0 Å². The number of ether oxygens (including phenoxy) is 3. The van der Waals surface area contributed by atoms with Crippen LogP contribution < -0.4 is 14.2 Å². The summed E-state index contributed by atoms with van der Waals surface area (Å²) in [6.07, 6.45) is -0.232. The van der Waals surface area contributed by atoms with Crippen molar-refractivity contribution in [1.29, 1.82) is 0 Å². The van der Waals surface area contributed by atoms with Crippen LogP contribution in [-0.2, 0) is 14.9 Å². The van der Waals surface area contributed by atoms with Crippen molar-refractivity contribution >= 4 is 10.2 Å². The molecule has 1 aromatic carbocycles. The van der Waals surface area contributed by atoms with Crippen molar-refractivity contribution in [3.63, 3.8) is 0 Å². The molecule has 7 nitrogen and oxygen atoms in total. The number of rotatable bonds is 4. The molecule has 3 unspecified atom stereocenters. The summed E-state index contributed by atoms with van der Waals surface area (Å²) in [6.45, 7) is 7.31. The van der Waals surface area contributed by atoms with Gasteiger partial charge < -0.3 is 14.2 Å². The largest absolute Gasteiger partial charge is 0.486 e.